The van der Waals surface area contributed by atoms with Crippen LogP contribution >= 0.6 is 0 Å². The third-order valence-corrected chi connectivity index (χ3v) is 13.3. The van der Waals surface area contributed by atoms with E-state index in [1.807, 2.05) is 84.9 Å². The van der Waals surface area contributed by atoms with Gasteiger partial charge in [-0.15, -0.1) is 0 Å². The normalized spacial score (nSPS) is 11.3. The van der Waals surface area contributed by atoms with Gasteiger partial charge in [-0.05, 0) is 71.8 Å². The van der Waals surface area contributed by atoms with E-state index in [0.29, 0.717) is 56.1 Å². The second-order valence-corrected chi connectivity index (χ2v) is 17.2. The Morgan fingerprint density at radius 1 is 0.276 bits per heavy atom. The Balaban J connectivity index is 0.000000177. The minimum atomic E-state index is -3.84. The van der Waals surface area contributed by atoms with Crippen molar-refractivity contribution < 1.29 is 16.8 Å². The van der Waals surface area contributed by atoms with E-state index in [1.54, 1.807) is 109 Å². The van der Waals surface area contributed by atoms with Gasteiger partial charge in [0.1, 0.15) is 0 Å². The van der Waals surface area contributed by atoms with Crippen molar-refractivity contribution in [1.29, 1.82) is 0 Å². The van der Waals surface area contributed by atoms with Crippen molar-refractivity contribution in [2.45, 2.75) is 19.6 Å². The smallest absolute Gasteiger partial charge is 0.207 e. The molecule has 0 bridgehead atoms. The fraction of sp³-hybridized carbons (Fsp3) is 0. The van der Waals surface area contributed by atoms with Gasteiger partial charge in [0.2, 0.25) is 19.7 Å². The van der Waals surface area contributed by atoms with E-state index in [-0.39, 0.29) is 19.6 Å². The van der Waals surface area contributed by atoms with Crippen LogP contribution in [0.25, 0.3) is 44.5 Å². The van der Waals surface area contributed by atoms with Gasteiger partial charge in [0, 0.05) is 56.1 Å². The zero-order valence-corrected chi connectivity index (χ0v) is 32.9. The first kappa shape index (κ1) is 39.1. The van der Waals surface area contributed by atoms with E-state index in [0.717, 1.165) is 11.1 Å². The maximum atomic E-state index is 13.8. The summed E-state index contributed by atoms with van der Waals surface area (Å²) in [5, 5.41) is 0. The van der Waals surface area contributed by atoms with Crippen LogP contribution in [-0.2, 0) is 19.7 Å². The zero-order chi connectivity index (χ0) is 40.9. The minimum Gasteiger partial charge on any atom is -0.399 e. The van der Waals surface area contributed by atoms with Crippen LogP contribution in [0.2, 0.25) is 0 Å². The summed E-state index contributed by atoms with van der Waals surface area (Å²) in [4.78, 5) is 0.892. The molecular weight excluding hydrogens is 761 g/mol. The molecule has 0 atom stereocenters. The largest absolute Gasteiger partial charge is 0.399 e. The van der Waals surface area contributed by atoms with Gasteiger partial charge in [-0.2, -0.15) is 0 Å². The Kier molecular flexibility index (Phi) is 11.1. The fourth-order valence-electron chi connectivity index (χ4n) is 6.86. The van der Waals surface area contributed by atoms with Crippen molar-refractivity contribution in [1.82, 2.24) is 0 Å². The number of para-hydroxylation sites is 2. The molecule has 0 spiro atoms. The van der Waals surface area contributed by atoms with Crippen LogP contribution in [0.5, 0.6) is 0 Å². The molecule has 8 nitrogen and oxygen atoms in total. The molecule has 8 N–H and O–H groups in total. The molecule has 0 saturated carbocycles. The molecule has 0 aliphatic carbocycles. The molecule has 8 aromatic carbocycles. The molecule has 0 saturated heterocycles. The fourth-order valence-corrected chi connectivity index (χ4v) is 10.3. The second kappa shape index (κ2) is 16.5. The SMILES string of the molecule is Nc1cccc(-c2ccccc2S(=O)(=O)c2ccccc2-c2cccc(N)c2)c1.Nc1ccccc1-c1ccccc1S(=O)(=O)c1ccccc1-c1ccccc1N. The van der Waals surface area contributed by atoms with Gasteiger partial charge in [0.15, 0.2) is 0 Å². The predicted octanol–water partition coefficient (Wildman–Crippen LogP) is 10.0. The lowest BCUT2D eigenvalue weighted by Crippen LogP contribution is -2.07. The third kappa shape index (κ3) is 7.92. The first-order valence-electron chi connectivity index (χ1n) is 18.2. The molecule has 0 aliphatic heterocycles. The average molecular weight is 801 g/mol. The summed E-state index contributed by atoms with van der Waals surface area (Å²) in [6.07, 6.45) is 0. The van der Waals surface area contributed by atoms with Crippen LogP contribution in [0.1, 0.15) is 0 Å². The van der Waals surface area contributed by atoms with Gasteiger partial charge in [0.05, 0.1) is 19.6 Å². The van der Waals surface area contributed by atoms with Crippen molar-refractivity contribution in [3.05, 3.63) is 194 Å². The molecule has 0 radical (unpaired) electrons. The van der Waals surface area contributed by atoms with Crippen molar-refractivity contribution in [3.63, 3.8) is 0 Å². The molecule has 8 aromatic rings. The van der Waals surface area contributed by atoms with Crippen LogP contribution < -0.4 is 22.9 Å². The van der Waals surface area contributed by atoms with Crippen LogP contribution in [0.3, 0.4) is 0 Å². The lowest BCUT2D eigenvalue weighted by Gasteiger charge is -2.16. The monoisotopic (exact) mass is 800 g/mol. The van der Waals surface area contributed by atoms with Crippen LogP contribution in [0, 0.1) is 0 Å². The Labute approximate surface area is 338 Å². The summed E-state index contributed by atoms with van der Waals surface area (Å²) < 4.78 is 55.0. The number of nitrogen functional groups attached to an aromatic ring is 4. The van der Waals surface area contributed by atoms with E-state index in [9.17, 15) is 16.8 Å². The summed E-state index contributed by atoms with van der Waals surface area (Å²) in [5.41, 5.74) is 31.6. The summed E-state index contributed by atoms with van der Waals surface area (Å²) in [7, 11) is -7.65. The number of sulfone groups is 2. The van der Waals surface area contributed by atoms with Gasteiger partial charge in [-0.3, -0.25) is 0 Å². The molecule has 0 aromatic heterocycles. The topological polar surface area (TPSA) is 172 Å². The first-order chi connectivity index (χ1) is 28.0. The van der Waals surface area contributed by atoms with E-state index >= 15 is 0 Å². The average Bonchev–Trinajstić information content (AvgIpc) is 3.24. The molecule has 288 valence electrons. The van der Waals surface area contributed by atoms with Crippen LogP contribution in [0.4, 0.5) is 22.7 Å². The minimum absolute atomic E-state index is 0.208. The maximum absolute atomic E-state index is 13.8. The number of hydrogen-bond acceptors (Lipinski definition) is 8. The molecule has 58 heavy (non-hydrogen) atoms. The Morgan fingerprint density at radius 3 is 0.879 bits per heavy atom. The summed E-state index contributed by atoms with van der Waals surface area (Å²) in [6.45, 7) is 0. The molecule has 0 unspecified atom stereocenters. The number of hydrogen-bond donors (Lipinski definition) is 4. The summed E-state index contributed by atoms with van der Waals surface area (Å²) >= 11 is 0. The molecule has 0 heterocycles. The lowest BCUT2D eigenvalue weighted by atomic mass is 10.0. The van der Waals surface area contributed by atoms with Crippen molar-refractivity contribution in [2.24, 2.45) is 0 Å². The third-order valence-electron chi connectivity index (χ3n) is 9.60. The molecule has 0 fully saturated rings. The first-order valence-corrected chi connectivity index (χ1v) is 21.2. The second-order valence-electron chi connectivity index (χ2n) is 13.4. The van der Waals surface area contributed by atoms with Crippen LogP contribution in [-0.4, -0.2) is 16.8 Å². The highest BCUT2D eigenvalue weighted by Gasteiger charge is 2.27. The quantitative estimate of drug-likeness (QED) is 0.110. The molecular formula is C48H40N4O4S2. The number of anilines is 4. The number of benzene rings is 8. The Bertz CT molecular complexity index is 2810. The zero-order valence-electron chi connectivity index (χ0n) is 31.2. The van der Waals surface area contributed by atoms with E-state index in [4.69, 9.17) is 22.9 Å². The molecule has 0 amide bonds. The Hall–Kier alpha value is -7.14. The molecule has 10 heteroatoms. The van der Waals surface area contributed by atoms with E-state index in [1.165, 1.54) is 0 Å². The highest BCUT2D eigenvalue weighted by Crippen LogP contribution is 2.40. The van der Waals surface area contributed by atoms with Crippen molar-refractivity contribution in [2.75, 3.05) is 22.9 Å². The van der Waals surface area contributed by atoms with Crippen molar-refractivity contribution in [3.8, 4) is 44.5 Å². The van der Waals surface area contributed by atoms with Gasteiger partial charge < -0.3 is 22.9 Å². The lowest BCUT2D eigenvalue weighted by molar-refractivity contribution is 0.595. The van der Waals surface area contributed by atoms with Gasteiger partial charge in [-0.1, -0.05) is 133 Å². The number of rotatable bonds is 8. The number of nitrogens with two attached hydrogens (primary N) is 4. The predicted molar refractivity (Wildman–Crippen MR) is 236 cm³/mol. The van der Waals surface area contributed by atoms with Crippen molar-refractivity contribution >= 4 is 42.4 Å². The molecule has 0 aliphatic rings. The summed E-state index contributed by atoms with van der Waals surface area (Å²) in [6, 6.07) is 56.7. The summed E-state index contributed by atoms with van der Waals surface area (Å²) in [5.74, 6) is 0. The highest BCUT2D eigenvalue weighted by atomic mass is 32.2. The maximum Gasteiger partial charge on any atom is 0.207 e. The van der Waals surface area contributed by atoms with E-state index < -0.39 is 19.7 Å². The van der Waals surface area contributed by atoms with Crippen LogP contribution in [0.15, 0.2) is 214 Å². The Morgan fingerprint density at radius 2 is 0.552 bits per heavy atom. The standard InChI is InChI=1S/2C24H20N2O2S/c25-21-13-5-1-9-17(21)19-11-3-7-15-23(19)29(27,28)24-16-8-4-12-20(24)18-10-2-6-14-22(18)26;25-19-9-5-7-17(15-19)21-11-1-3-13-23(21)29(27,28)24-14-4-2-12-22(24)18-8-6-10-20(26)16-18/h2*1-16H,25-26H2. The van der Waals surface area contributed by atoms with Gasteiger partial charge >= 0.3 is 0 Å². The molecule has 8 rings (SSSR count). The van der Waals surface area contributed by atoms with E-state index in [2.05, 4.69) is 0 Å². The van der Waals surface area contributed by atoms with Gasteiger partial charge in [0.25, 0.3) is 0 Å². The van der Waals surface area contributed by atoms with Gasteiger partial charge in [-0.25, -0.2) is 16.8 Å². The highest BCUT2D eigenvalue weighted by molar-refractivity contribution is 7.92.